The Labute approximate surface area is 156 Å². The van der Waals surface area contributed by atoms with E-state index < -0.39 is 11.7 Å². The lowest BCUT2D eigenvalue weighted by atomic mass is 9.78. The number of hydrogen-bond donors (Lipinski definition) is 2. The summed E-state index contributed by atoms with van der Waals surface area (Å²) in [4.78, 5) is 14.2. The van der Waals surface area contributed by atoms with E-state index in [1.165, 1.54) is 6.07 Å². The zero-order chi connectivity index (χ0) is 19.6. The maximum Gasteiger partial charge on any atom is 0.417 e. The number of nitrogens with zero attached hydrogens (tertiary/aromatic N) is 2. The maximum atomic E-state index is 13.3. The molecule has 0 aromatic heterocycles. The normalized spacial score (nSPS) is 23.9. The highest BCUT2D eigenvalue weighted by Gasteiger charge is 2.42. The summed E-state index contributed by atoms with van der Waals surface area (Å²) >= 11 is 0. The fraction of sp³-hybridized carbons (Fsp3) is 0.579. The number of nitrogens with one attached hydrogen (secondary N) is 2. The van der Waals surface area contributed by atoms with E-state index in [1.807, 2.05) is 4.90 Å². The average Bonchev–Trinajstić information content (AvgIpc) is 3.12. The van der Waals surface area contributed by atoms with Gasteiger partial charge in [-0.15, -0.1) is 0 Å². The first-order valence-corrected chi connectivity index (χ1v) is 9.13. The molecule has 1 aromatic rings. The molecule has 2 heterocycles. The molecule has 8 heteroatoms. The lowest BCUT2D eigenvalue weighted by molar-refractivity contribution is -0.137. The van der Waals surface area contributed by atoms with Crippen molar-refractivity contribution in [1.82, 2.24) is 10.6 Å². The van der Waals surface area contributed by atoms with Gasteiger partial charge in [0.25, 0.3) is 0 Å². The smallest absolute Gasteiger partial charge is 0.370 e. The van der Waals surface area contributed by atoms with Crippen LogP contribution in [0.15, 0.2) is 18.2 Å². The van der Waals surface area contributed by atoms with Crippen molar-refractivity contribution in [1.29, 1.82) is 5.26 Å². The number of halogens is 3. The average molecular weight is 380 g/mol. The molecule has 146 valence electrons. The molecule has 1 aromatic carbocycles. The summed E-state index contributed by atoms with van der Waals surface area (Å²) in [7, 11) is 1.59. The van der Waals surface area contributed by atoms with Crippen LogP contribution < -0.4 is 15.5 Å². The van der Waals surface area contributed by atoms with E-state index in [0.717, 1.165) is 32.0 Å². The van der Waals surface area contributed by atoms with E-state index in [-0.39, 0.29) is 23.3 Å². The van der Waals surface area contributed by atoms with E-state index in [0.29, 0.717) is 24.7 Å². The van der Waals surface area contributed by atoms with Gasteiger partial charge in [0.2, 0.25) is 5.91 Å². The maximum absolute atomic E-state index is 13.3. The Morgan fingerprint density at radius 1 is 1.30 bits per heavy atom. The highest BCUT2D eigenvalue weighted by Crippen LogP contribution is 2.39. The molecule has 0 aliphatic carbocycles. The van der Waals surface area contributed by atoms with Crippen molar-refractivity contribution in [2.45, 2.75) is 19.0 Å². The molecule has 2 saturated heterocycles. The van der Waals surface area contributed by atoms with Gasteiger partial charge in [0.05, 0.1) is 23.1 Å². The van der Waals surface area contributed by atoms with Crippen LogP contribution in [0, 0.1) is 29.1 Å². The first kappa shape index (κ1) is 19.5. The Morgan fingerprint density at radius 3 is 2.59 bits per heavy atom. The summed E-state index contributed by atoms with van der Waals surface area (Å²) in [6, 6.07) is 5.39. The summed E-state index contributed by atoms with van der Waals surface area (Å²) in [5.74, 6) is 0.171. The zero-order valence-corrected chi connectivity index (χ0v) is 15.1. The van der Waals surface area contributed by atoms with Gasteiger partial charge in [0.1, 0.15) is 0 Å². The number of carbonyl (C=O) groups excluding carboxylic acids is 1. The molecule has 2 N–H and O–H groups in total. The molecule has 3 rings (SSSR count). The Hall–Kier alpha value is -2.27. The number of piperidine rings is 1. The van der Waals surface area contributed by atoms with E-state index in [9.17, 15) is 18.0 Å². The van der Waals surface area contributed by atoms with Crippen LogP contribution in [0.3, 0.4) is 0 Å². The minimum Gasteiger partial charge on any atom is -0.370 e. The Balaban J connectivity index is 1.89. The summed E-state index contributed by atoms with van der Waals surface area (Å²) in [5, 5.41) is 15.0. The number of anilines is 1. The second kappa shape index (κ2) is 7.77. The molecule has 27 heavy (non-hydrogen) atoms. The molecular weight excluding hydrogens is 357 g/mol. The molecule has 0 radical (unpaired) electrons. The molecule has 0 saturated carbocycles. The second-order valence-electron chi connectivity index (χ2n) is 7.22. The minimum atomic E-state index is -4.59. The lowest BCUT2D eigenvalue weighted by Crippen LogP contribution is -2.39. The van der Waals surface area contributed by atoms with Crippen LogP contribution in [-0.4, -0.2) is 39.1 Å². The first-order chi connectivity index (χ1) is 12.8. The van der Waals surface area contributed by atoms with Gasteiger partial charge in [0.15, 0.2) is 0 Å². The number of carbonyl (C=O) groups is 1. The molecule has 2 aliphatic heterocycles. The monoisotopic (exact) mass is 380 g/mol. The number of rotatable bonds is 3. The van der Waals surface area contributed by atoms with Crippen molar-refractivity contribution < 1.29 is 18.0 Å². The Bertz CT molecular complexity index is 737. The minimum absolute atomic E-state index is 0.0641. The van der Waals surface area contributed by atoms with Gasteiger partial charge in [-0.3, -0.25) is 4.79 Å². The van der Waals surface area contributed by atoms with Crippen LogP contribution in [0.5, 0.6) is 0 Å². The van der Waals surface area contributed by atoms with Gasteiger partial charge in [-0.25, -0.2) is 0 Å². The Morgan fingerprint density at radius 2 is 2.00 bits per heavy atom. The topological polar surface area (TPSA) is 68.2 Å². The fourth-order valence-corrected chi connectivity index (χ4v) is 4.31. The van der Waals surface area contributed by atoms with Crippen LogP contribution in [0.2, 0.25) is 0 Å². The fourth-order valence-electron chi connectivity index (χ4n) is 4.31. The Kier molecular flexibility index (Phi) is 5.61. The van der Waals surface area contributed by atoms with Crippen LogP contribution >= 0.6 is 0 Å². The van der Waals surface area contributed by atoms with Crippen molar-refractivity contribution in [2.75, 3.05) is 38.1 Å². The second-order valence-corrected chi connectivity index (χ2v) is 7.22. The summed E-state index contributed by atoms with van der Waals surface area (Å²) in [6.45, 7) is 2.73. The predicted molar refractivity (Wildman–Crippen MR) is 95.0 cm³/mol. The number of amides is 1. The SMILES string of the molecule is CNC(=O)[C@@H]1CN(c2ccc(C#N)c(C(F)(F)F)c2)C[C@H]1C1CCNCC1. The standard InChI is InChI=1S/C19H23F3N4O/c1-24-18(27)16-11-26(10-15(16)12-4-6-25-7-5-12)14-3-2-13(9-23)17(8-14)19(20,21)22/h2-3,8,12,15-16,25H,4-7,10-11H2,1H3,(H,24,27)/t15-,16+/m0/s1. The van der Waals surface area contributed by atoms with Crippen LogP contribution in [0.1, 0.15) is 24.0 Å². The third-order valence-corrected chi connectivity index (χ3v) is 5.73. The largest absolute Gasteiger partial charge is 0.417 e. The van der Waals surface area contributed by atoms with Gasteiger partial charge in [-0.05, 0) is 56.0 Å². The van der Waals surface area contributed by atoms with Gasteiger partial charge in [-0.1, -0.05) is 0 Å². The molecule has 2 aliphatic rings. The molecule has 2 atom stereocenters. The first-order valence-electron chi connectivity index (χ1n) is 9.13. The van der Waals surface area contributed by atoms with E-state index in [2.05, 4.69) is 10.6 Å². The summed E-state index contributed by atoms with van der Waals surface area (Å²) < 4.78 is 39.9. The van der Waals surface area contributed by atoms with Crippen LogP contribution in [-0.2, 0) is 11.0 Å². The molecular formula is C19H23F3N4O. The highest BCUT2D eigenvalue weighted by atomic mass is 19.4. The van der Waals surface area contributed by atoms with Crippen molar-refractivity contribution in [3.05, 3.63) is 29.3 Å². The zero-order valence-electron chi connectivity index (χ0n) is 15.1. The van der Waals surface area contributed by atoms with Gasteiger partial charge >= 0.3 is 6.18 Å². The highest BCUT2D eigenvalue weighted by molar-refractivity contribution is 5.80. The molecule has 0 unspecified atom stereocenters. The van der Waals surface area contributed by atoms with Crippen molar-refractivity contribution in [2.24, 2.45) is 17.8 Å². The molecule has 0 spiro atoms. The van der Waals surface area contributed by atoms with Gasteiger partial charge in [-0.2, -0.15) is 18.4 Å². The molecule has 2 fully saturated rings. The quantitative estimate of drug-likeness (QED) is 0.845. The number of nitriles is 1. The van der Waals surface area contributed by atoms with E-state index in [4.69, 9.17) is 5.26 Å². The number of alkyl halides is 3. The van der Waals surface area contributed by atoms with Crippen molar-refractivity contribution in [3.8, 4) is 6.07 Å². The van der Waals surface area contributed by atoms with Crippen LogP contribution in [0.25, 0.3) is 0 Å². The lowest BCUT2D eigenvalue weighted by Gasteiger charge is -2.30. The number of hydrogen-bond acceptors (Lipinski definition) is 4. The van der Waals surface area contributed by atoms with Crippen molar-refractivity contribution >= 4 is 11.6 Å². The third kappa shape index (κ3) is 4.03. The molecule has 1 amide bonds. The van der Waals surface area contributed by atoms with Crippen molar-refractivity contribution in [3.63, 3.8) is 0 Å². The van der Waals surface area contributed by atoms with Gasteiger partial charge in [0, 0.05) is 25.8 Å². The predicted octanol–water partition coefficient (Wildman–Crippen LogP) is 2.38. The number of benzene rings is 1. The third-order valence-electron chi connectivity index (χ3n) is 5.73. The van der Waals surface area contributed by atoms with E-state index in [1.54, 1.807) is 19.2 Å². The summed E-state index contributed by atoms with van der Waals surface area (Å²) in [5.41, 5.74) is -0.904. The molecule has 0 bridgehead atoms. The summed E-state index contributed by atoms with van der Waals surface area (Å²) in [6.07, 6.45) is -2.66. The van der Waals surface area contributed by atoms with Crippen LogP contribution in [0.4, 0.5) is 18.9 Å². The van der Waals surface area contributed by atoms with E-state index >= 15 is 0 Å². The van der Waals surface area contributed by atoms with Gasteiger partial charge < -0.3 is 15.5 Å². The molecule has 5 nitrogen and oxygen atoms in total.